The number of hydrogen-bond acceptors (Lipinski definition) is 5. The third-order valence-corrected chi connectivity index (χ3v) is 13.3. The van der Waals surface area contributed by atoms with Gasteiger partial charge in [-0.25, -0.2) is 0 Å². The number of para-hydroxylation sites is 2. The number of anilines is 5. The van der Waals surface area contributed by atoms with Crippen LogP contribution < -0.4 is 33.8 Å². The van der Waals surface area contributed by atoms with Gasteiger partial charge in [-0.2, -0.15) is 0 Å². The van der Waals surface area contributed by atoms with Gasteiger partial charge in [-0.3, -0.25) is 0 Å². The smallest absolute Gasteiger partial charge is 0.501 e. The van der Waals surface area contributed by atoms with Crippen molar-refractivity contribution in [1.29, 1.82) is 0 Å². The van der Waals surface area contributed by atoms with Gasteiger partial charge in [-0.1, -0.05) is 114 Å². The number of ether oxygens (including phenoxy) is 1. The molecule has 5 aromatic carbocycles. The van der Waals surface area contributed by atoms with E-state index in [-0.39, 0.29) is 31.6 Å². The molecule has 5 nitrogen and oxygen atoms in total. The van der Waals surface area contributed by atoms with Gasteiger partial charge in [0.15, 0.2) is 11.5 Å². The third-order valence-electron chi connectivity index (χ3n) is 8.20. The van der Waals surface area contributed by atoms with Crippen LogP contribution in [0.15, 0.2) is 134 Å². The lowest BCUT2D eigenvalue weighted by atomic mass is 10.1. The molecule has 0 atom stereocenters. The summed E-state index contributed by atoms with van der Waals surface area (Å²) in [4.78, 5) is 4.38. The van der Waals surface area contributed by atoms with Crippen molar-refractivity contribution < 1.29 is 13.6 Å². The lowest BCUT2D eigenvalue weighted by Crippen LogP contribution is -2.70. The Hall–Kier alpha value is -4.30. The molecule has 7 rings (SSSR count). The van der Waals surface area contributed by atoms with Gasteiger partial charge >= 0.3 is 8.56 Å². The number of nitrogens with zero attached hydrogens (tertiary/aromatic N) is 2. The zero-order valence-electron chi connectivity index (χ0n) is 25.9. The summed E-state index contributed by atoms with van der Waals surface area (Å²) in [7, 11) is -3.94. The monoisotopic (exact) mass is 728 g/mol. The molecule has 0 amide bonds. The van der Waals surface area contributed by atoms with Gasteiger partial charge in [-0.15, -0.1) is 0 Å². The molecule has 1 spiro atoms. The van der Waals surface area contributed by atoms with E-state index in [1.54, 1.807) is 0 Å². The fraction of sp³-hybridized carbons (Fsp3) is 0.0526. The number of hydrogen-bond donors (Lipinski definition) is 0. The summed E-state index contributed by atoms with van der Waals surface area (Å²) in [6.07, 6.45) is 7.46. The first-order valence-corrected chi connectivity index (χ1v) is 18.4. The van der Waals surface area contributed by atoms with Crippen molar-refractivity contribution in [3.8, 4) is 17.2 Å². The molecule has 0 aromatic heterocycles. The van der Waals surface area contributed by atoms with E-state index in [0.29, 0.717) is 10.9 Å². The normalized spacial score (nSPS) is 14.2. The van der Waals surface area contributed by atoms with E-state index in [1.165, 1.54) is 6.26 Å². The molecule has 0 radical (unpaired) electrons. The van der Waals surface area contributed by atoms with E-state index in [1.807, 2.05) is 79.7 Å². The summed E-state index contributed by atoms with van der Waals surface area (Å²) in [6.45, 7) is 7.92. The molecule has 0 bridgehead atoms. The van der Waals surface area contributed by atoms with Crippen LogP contribution in [0.2, 0.25) is 20.1 Å². The van der Waals surface area contributed by atoms with E-state index < -0.39 is 8.56 Å². The topological polar surface area (TPSA) is 34.2 Å². The minimum absolute atomic E-state index is 0.0823. The van der Waals surface area contributed by atoms with Crippen molar-refractivity contribution in [2.75, 3.05) is 9.80 Å². The van der Waals surface area contributed by atoms with Crippen LogP contribution >= 0.6 is 46.4 Å². The molecule has 2 aliphatic heterocycles. The molecule has 0 unspecified atom stereocenters. The average Bonchev–Trinajstić information content (AvgIpc) is 3.51. The molecular formula is C38H28Cl4N2O3Si. The van der Waals surface area contributed by atoms with Crippen LogP contribution in [0.4, 0.5) is 28.4 Å². The lowest BCUT2D eigenvalue weighted by Gasteiger charge is -2.42. The maximum atomic E-state index is 7.15. The number of halogens is 4. The van der Waals surface area contributed by atoms with Crippen LogP contribution in [0, 0.1) is 0 Å². The van der Waals surface area contributed by atoms with Crippen LogP contribution in [0.1, 0.15) is 13.8 Å². The van der Waals surface area contributed by atoms with Crippen molar-refractivity contribution >= 4 is 93.8 Å². The van der Waals surface area contributed by atoms with Gasteiger partial charge in [0.05, 0.1) is 43.7 Å². The van der Waals surface area contributed by atoms with E-state index in [0.717, 1.165) is 39.3 Å². The molecule has 2 heterocycles. The van der Waals surface area contributed by atoms with Gasteiger partial charge in [0.2, 0.25) is 0 Å². The van der Waals surface area contributed by atoms with Gasteiger partial charge in [0, 0.05) is 17.1 Å². The Morgan fingerprint density at radius 3 is 1.94 bits per heavy atom. The highest BCUT2D eigenvalue weighted by atomic mass is 35.5. The van der Waals surface area contributed by atoms with Crippen LogP contribution in [0.25, 0.3) is 0 Å². The summed E-state index contributed by atoms with van der Waals surface area (Å²) in [5.41, 5.74) is 5.33. The Balaban J connectivity index is 1.64. The Morgan fingerprint density at radius 2 is 1.33 bits per heavy atom. The predicted octanol–water partition coefficient (Wildman–Crippen LogP) is 11.3. The maximum Gasteiger partial charge on any atom is 0.541 e. The van der Waals surface area contributed by atoms with E-state index in [9.17, 15) is 0 Å². The fourth-order valence-corrected chi connectivity index (χ4v) is 11.0. The van der Waals surface area contributed by atoms with Crippen molar-refractivity contribution in [1.82, 2.24) is 0 Å². The molecule has 2 aliphatic rings. The molecule has 0 saturated heterocycles. The zero-order chi connectivity index (χ0) is 33.6. The van der Waals surface area contributed by atoms with Gasteiger partial charge in [0.25, 0.3) is 0 Å². The summed E-state index contributed by atoms with van der Waals surface area (Å²) >= 11 is 26.9. The van der Waals surface area contributed by atoms with Gasteiger partial charge in [0.1, 0.15) is 15.8 Å². The molecule has 0 aliphatic carbocycles. The fourth-order valence-electron chi connectivity index (χ4n) is 6.28. The summed E-state index contributed by atoms with van der Waals surface area (Å²) in [6, 6.07) is 32.3. The minimum Gasteiger partial charge on any atom is -0.501 e. The molecule has 240 valence electrons. The first kappa shape index (κ1) is 32.3. The second-order valence-corrected chi connectivity index (χ2v) is 15.2. The highest BCUT2D eigenvalue weighted by molar-refractivity contribution is 6.98. The zero-order valence-corrected chi connectivity index (χ0v) is 29.9. The molecule has 0 fully saturated rings. The van der Waals surface area contributed by atoms with Crippen LogP contribution in [0.5, 0.6) is 17.2 Å². The molecule has 48 heavy (non-hydrogen) atoms. The van der Waals surface area contributed by atoms with Crippen LogP contribution in [-0.2, 0) is 0 Å². The molecule has 0 N–H and O–H groups in total. The summed E-state index contributed by atoms with van der Waals surface area (Å²) in [5.74, 6) is 0.965. The van der Waals surface area contributed by atoms with E-state index in [2.05, 4.69) is 65.8 Å². The largest absolute Gasteiger partial charge is 0.541 e. The Labute approximate surface area is 300 Å². The molecular weight excluding hydrogens is 702 g/mol. The highest BCUT2D eigenvalue weighted by Gasteiger charge is 2.62. The first-order valence-electron chi connectivity index (χ1n) is 15.1. The Morgan fingerprint density at radius 1 is 0.750 bits per heavy atom. The van der Waals surface area contributed by atoms with Gasteiger partial charge in [-0.05, 0) is 68.5 Å². The SMILES string of the molecule is C=COc1cccc2c1[Si]1(Oc3c(Cl)c(Cl)c(Cl)c(Cl)c3O1)c1c(N(/C(C)=C/C=C\C)c3ccccc3)cccc1N2c1ccccc1. The molecule has 5 aromatic rings. The maximum absolute atomic E-state index is 7.15. The highest BCUT2D eigenvalue weighted by Crippen LogP contribution is 2.56. The van der Waals surface area contributed by atoms with Crippen molar-refractivity contribution in [3.05, 3.63) is 154 Å². The van der Waals surface area contributed by atoms with Crippen molar-refractivity contribution in [2.45, 2.75) is 13.8 Å². The van der Waals surface area contributed by atoms with Crippen molar-refractivity contribution in [2.24, 2.45) is 0 Å². The summed E-state index contributed by atoms with van der Waals surface area (Å²) in [5, 5.41) is 1.89. The average molecular weight is 731 g/mol. The Bertz CT molecular complexity index is 2090. The standard InChI is InChI=1S/C38H28Cl4N2O3Si/c1-4-6-15-24(3)43(25-16-9-7-10-17-25)27-20-13-21-28-37(27)48(46-35-33(41)31(39)32(40)34(42)36(35)47-48)38-29(22-14-23-30(38)45-5-2)44(28)26-18-11-8-12-19-26/h4-23H,2H2,1,3H3/b6-4-,24-15+. The third kappa shape index (κ3) is 5.07. The van der Waals surface area contributed by atoms with Crippen LogP contribution in [0.3, 0.4) is 0 Å². The number of allylic oxidation sites excluding steroid dienone is 4. The minimum atomic E-state index is -3.94. The molecule has 0 saturated carbocycles. The van der Waals surface area contributed by atoms with Crippen molar-refractivity contribution in [3.63, 3.8) is 0 Å². The first-order chi connectivity index (χ1) is 23.3. The predicted molar refractivity (Wildman–Crippen MR) is 202 cm³/mol. The van der Waals surface area contributed by atoms with Crippen LogP contribution in [-0.4, -0.2) is 8.56 Å². The van der Waals surface area contributed by atoms with E-state index in [4.69, 9.17) is 60.0 Å². The number of benzene rings is 5. The molecule has 10 heteroatoms. The number of fused-ring (bicyclic) bond motifs is 5. The number of rotatable bonds is 7. The van der Waals surface area contributed by atoms with Gasteiger partial charge < -0.3 is 23.4 Å². The second-order valence-electron chi connectivity index (χ2n) is 11.0. The lowest BCUT2D eigenvalue weighted by molar-refractivity contribution is 0.469. The second kappa shape index (κ2) is 13.0. The van der Waals surface area contributed by atoms with E-state index >= 15 is 0 Å². The quantitative estimate of drug-likeness (QED) is 0.0548. The Kier molecular flexibility index (Phi) is 8.71. The summed E-state index contributed by atoms with van der Waals surface area (Å²) < 4.78 is 20.4.